The summed E-state index contributed by atoms with van der Waals surface area (Å²) in [7, 11) is 0. The number of aryl methyl sites for hydroxylation is 1. The molecule has 0 radical (unpaired) electrons. The summed E-state index contributed by atoms with van der Waals surface area (Å²) in [6.45, 7) is 4.09. The quantitative estimate of drug-likeness (QED) is 0.928. The Balaban J connectivity index is 1.92. The van der Waals surface area contributed by atoms with Crippen molar-refractivity contribution in [2.24, 2.45) is 0 Å². The van der Waals surface area contributed by atoms with E-state index in [1.54, 1.807) is 6.08 Å². The third kappa shape index (κ3) is 3.23. The zero-order chi connectivity index (χ0) is 17.1. The van der Waals surface area contributed by atoms with Gasteiger partial charge in [0.2, 0.25) is 0 Å². The lowest BCUT2D eigenvalue weighted by Crippen LogP contribution is -1.99. The molecule has 0 atom stereocenters. The van der Waals surface area contributed by atoms with Crippen LogP contribution in [0.5, 0.6) is 0 Å². The fourth-order valence-electron chi connectivity index (χ4n) is 2.90. The molecule has 4 nitrogen and oxygen atoms in total. The summed E-state index contributed by atoms with van der Waals surface area (Å²) in [6, 6.07) is 10.1. The van der Waals surface area contributed by atoms with Crippen LogP contribution in [0.2, 0.25) is 0 Å². The number of allylic oxidation sites excluding steroid dienone is 5. The highest BCUT2D eigenvalue weighted by Gasteiger charge is 2.14. The maximum absolute atomic E-state index is 11.1. The largest absolute Gasteiger partial charge is 0.478 e. The van der Waals surface area contributed by atoms with Crippen molar-refractivity contribution in [2.45, 2.75) is 26.7 Å². The van der Waals surface area contributed by atoms with Crippen molar-refractivity contribution in [1.82, 2.24) is 9.78 Å². The lowest BCUT2D eigenvalue weighted by atomic mass is 10.0. The standard InChI is InChI=1S/C20H20N2O2/c1-14-19(13-16-7-6-8-17(12-11-16)20(23)24)15(2)22(21-14)18-9-4-3-5-10-18/h3-7,9-12H,8,13H2,1-2H3,(H,23,24). The maximum atomic E-state index is 11.1. The second-order valence-electron chi connectivity index (χ2n) is 5.92. The zero-order valence-corrected chi connectivity index (χ0v) is 13.9. The predicted molar refractivity (Wildman–Crippen MR) is 94.3 cm³/mol. The van der Waals surface area contributed by atoms with Crippen LogP contribution in [-0.4, -0.2) is 20.9 Å². The van der Waals surface area contributed by atoms with Crippen molar-refractivity contribution in [2.75, 3.05) is 0 Å². The van der Waals surface area contributed by atoms with Crippen LogP contribution in [0.25, 0.3) is 5.69 Å². The van der Waals surface area contributed by atoms with Gasteiger partial charge in [0.1, 0.15) is 0 Å². The molecule has 1 aliphatic carbocycles. The van der Waals surface area contributed by atoms with E-state index in [9.17, 15) is 4.79 Å². The normalized spacial score (nSPS) is 14.1. The summed E-state index contributed by atoms with van der Waals surface area (Å²) in [5.41, 5.74) is 5.83. The number of hydrogen-bond donors (Lipinski definition) is 1. The highest BCUT2D eigenvalue weighted by molar-refractivity contribution is 5.87. The Bertz CT molecular complexity index is 855. The van der Waals surface area contributed by atoms with Gasteiger partial charge in [-0.2, -0.15) is 5.10 Å². The number of nitrogens with zero attached hydrogens (tertiary/aromatic N) is 2. The minimum Gasteiger partial charge on any atom is -0.478 e. The fraction of sp³-hybridized carbons (Fsp3) is 0.200. The molecule has 3 rings (SSSR count). The Hall–Kier alpha value is -2.88. The third-order valence-corrected chi connectivity index (χ3v) is 4.27. The first-order valence-electron chi connectivity index (χ1n) is 7.96. The maximum Gasteiger partial charge on any atom is 0.331 e. The molecule has 0 unspecified atom stereocenters. The molecule has 0 bridgehead atoms. The third-order valence-electron chi connectivity index (χ3n) is 4.27. The predicted octanol–water partition coefficient (Wildman–Crippen LogP) is 3.93. The average molecular weight is 320 g/mol. The van der Waals surface area contributed by atoms with Crippen LogP contribution < -0.4 is 0 Å². The molecule has 1 heterocycles. The molecule has 0 spiro atoms. The minimum absolute atomic E-state index is 0.412. The van der Waals surface area contributed by atoms with Crippen LogP contribution in [0.4, 0.5) is 0 Å². The van der Waals surface area contributed by atoms with Gasteiger partial charge < -0.3 is 5.11 Å². The van der Waals surface area contributed by atoms with Crippen molar-refractivity contribution in [3.63, 3.8) is 0 Å². The topological polar surface area (TPSA) is 55.1 Å². The number of carbonyl (C=O) groups is 1. The lowest BCUT2D eigenvalue weighted by Gasteiger charge is -2.06. The van der Waals surface area contributed by atoms with Gasteiger partial charge in [0.15, 0.2) is 0 Å². The fourth-order valence-corrected chi connectivity index (χ4v) is 2.90. The van der Waals surface area contributed by atoms with Gasteiger partial charge in [0, 0.05) is 23.3 Å². The molecule has 4 heteroatoms. The molecule has 1 aliphatic rings. The lowest BCUT2D eigenvalue weighted by molar-refractivity contribution is -0.132. The molecule has 1 aromatic heterocycles. The summed E-state index contributed by atoms with van der Waals surface area (Å²) >= 11 is 0. The van der Waals surface area contributed by atoms with E-state index in [0.29, 0.717) is 12.0 Å². The number of hydrogen-bond acceptors (Lipinski definition) is 2. The molecule has 24 heavy (non-hydrogen) atoms. The monoisotopic (exact) mass is 320 g/mol. The second kappa shape index (κ2) is 6.71. The smallest absolute Gasteiger partial charge is 0.331 e. The van der Waals surface area contributed by atoms with Gasteiger partial charge in [-0.05, 0) is 38.0 Å². The minimum atomic E-state index is -0.860. The Morgan fingerprint density at radius 1 is 1.21 bits per heavy atom. The van der Waals surface area contributed by atoms with Crippen LogP contribution in [0, 0.1) is 13.8 Å². The summed E-state index contributed by atoms with van der Waals surface area (Å²) in [4.78, 5) is 11.1. The van der Waals surface area contributed by atoms with E-state index in [2.05, 4.69) is 12.0 Å². The summed E-state index contributed by atoms with van der Waals surface area (Å²) in [5.74, 6) is -0.860. The zero-order valence-electron chi connectivity index (χ0n) is 13.9. The molecule has 0 saturated carbocycles. The van der Waals surface area contributed by atoms with Gasteiger partial charge in [-0.3, -0.25) is 0 Å². The average Bonchev–Trinajstić information content (AvgIpc) is 2.76. The number of para-hydroxylation sites is 1. The van der Waals surface area contributed by atoms with E-state index in [-0.39, 0.29) is 0 Å². The molecule has 122 valence electrons. The summed E-state index contributed by atoms with van der Waals surface area (Å²) < 4.78 is 1.96. The van der Waals surface area contributed by atoms with Gasteiger partial charge in [0.25, 0.3) is 0 Å². The number of benzene rings is 1. The molecule has 0 amide bonds. The number of rotatable bonds is 4. The van der Waals surface area contributed by atoms with E-state index >= 15 is 0 Å². The number of carboxylic acids is 1. The highest BCUT2D eigenvalue weighted by Crippen LogP contribution is 2.22. The van der Waals surface area contributed by atoms with Crippen LogP contribution in [-0.2, 0) is 11.2 Å². The van der Waals surface area contributed by atoms with Crippen molar-refractivity contribution in [3.05, 3.63) is 82.7 Å². The Kier molecular flexibility index (Phi) is 4.47. The van der Waals surface area contributed by atoms with Gasteiger partial charge in [-0.1, -0.05) is 42.5 Å². The van der Waals surface area contributed by atoms with E-state index < -0.39 is 5.97 Å². The van der Waals surface area contributed by atoms with Crippen LogP contribution in [0.1, 0.15) is 23.4 Å². The molecule has 0 fully saturated rings. The van der Waals surface area contributed by atoms with Crippen LogP contribution in [0.15, 0.2) is 65.8 Å². The first-order valence-corrected chi connectivity index (χ1v) is 7.96. The Morgan fingerprint density at radius 2 is 1.96 bits per heavy atom. The SMILES string of the molecule is Cc1nn(-c2ccccc2)c(C)c1CC1=CC=C(C(=O)O)CC=C1. The number of carboxylic acid groups (broad SMARTS) is 1. The first-order chi connectivity index (χ1) is 11.6. The van der Waals surface area contributed by atoms with E-state index in [4.69, 9.17) is 5.11 Å². The van der Waals surface area contributed by atoms with Gasteiger partial charge in [-0.25, -0.2) is 9.48 Å². The molecular formula is C20H20N2O2. The Morgan fingerprint density at radius 3 is 2.67 bits per heavy atom. The van der Waals surface area contributed by atoms with E-state index in [1.807, 2.05) is 60.2 Å². The summed E-state index contributed by atoms with van der Waals surface area (Å²) in [6.07, 6.45) is 8.70. The molecule has 0 saturated heterocycles. The van der Waals surface area contributed by atoms with E-state index in [0.717, 1.165) is 29.1 Å². The summed E-state index contributed by atoms with van der Waals surface area (Å²) in [5, 5.41) is 13.8. The first kappa shape index (κ1) is 16.0. The highest BCUT2D eigenvalue weighted by atomic mass is 16.4. The van der Waals surface area contributed by atoms with Crippen molar-refractivity contribution in [1.29, 1.82) is 0 Å². The molecular weight excluding hydrogens is 300 g/mol. The molecule has 1 aromatic carbocycles. The van der Waals surface area contributed by atoms with Crippen molar-refractivity contribution < 1.29 is 9.90 Å². The number of aromatic nitrogens is 2. The van der Waals surface area contributed by atoms with E-state index in [1.165, 1.54) is 5.56 Å². The Labute approximate surface area is 141 Å². The van der Waals surface area contributed by atoms with Crippen LogP contribution in [0.3, 0.4) is 0 Å². The van der Waals surface area contributed by atoms with Crippen molar-refractivity contribution in [3.8, 4) is 5.69 Å². The molecule has 0 aliphatic heterocycles. The van der Waals surface area contributed by atoms with Gasteiger partial charge in [-0.15, -0.1) is 0 Å². The van der Waals surface area contributed by atoms with Crippen molar-refractivity contribution >= 4 is 5.97 Å². The molecule has 2 aromatic rings. The second-order valence-corrected chi connectivity index (χ2v) is 5.92. The van der Waals surface area contributed by atoms with Gasteiger partial charge >= 0.3 is 5.97 Å². The number of aliphatic carboxylic acids is 1. The molecule has 1 N–H and O–H groups in total. The van der Waals surface area contributed by atoms with Crippen LogP contribution >= 0.6 is 0 Å². The van der Waals surface area contributed by atoms with Gasteiger partial charge in [0.05, 0.1) is 11.4 Å².